The van der Waals surface area contributed by atoms with Crippen molar-refractivity contribution in [3.05, 3.63) is 0 Å². The van der Waals surface area contributed by atoms with E-state index in [0.717, 1.165) is 103 Å². The zero-order valence-electron chi connectivity index (χ0n) is 46.0. The van der Waals surface area contributed by atoms with Crippen molar-refractivity contribution >= 4 is 41.9 Å². The van der Waals surface area contributed by atoms with Crippen LogP contribution in [0.2, 0.25) is 0 Å². The maximum atomic E-state index is 13.5. The monoisotopic (exact) mass is 1020 g/mol. The van der Waals surface area contributed by atoms with Crippen LogP contribution in [0, 0.1) is 58.2 Å². The van der Waals surface area contributed by atoms with Gasteiger partial charge in [0.25, 0.3) is 0 Å². The van der Waals surface area contributed by atoms with E-state index in [1.807, 2.05) is 0 Å². The van der Waals surface area contributed by atoms with Gasteiger partial charge in [-0.2, -0.15) is 0 Å². The zero-order chi connectivity index (χ0) is 52.9. The molecule has 0 heterocycles. The summed E-state index contributed by atoms with van der Waals surface area (Å²) in [5.74, 6) is 0.988. The molecule has 412 valence electrons. The molecule has 0 saturated heterocycles. The van der Waals surface area contributed by atoms with E-state index in [0.29, 0.717) is 49.4 Å². The van der Waals surface area contributed by atoms with Crippen LogP contribution in [0.1, 0.15) is 204 Å². The number of esters is 6. The lowest BCUT2D eigenvalue weighted by molar-refractivity contribution is -0.164. The highest BCUT2D eigenvalue weighted by molar-refractivity contribution is 5.74. The van der Waals surface area contributed by atoms with Gasteiger partial charge in [0.1, 0.15) is 45.2 Å². The van der Waals surface area contributed by atoms with E-state index in [9.17, 15) is 33.6 Å². The van der Waals surface area contributed by atoms with E-state index in [-0.39, 0.29) is 113 Å². The Labute approximate surface area is 432 Å². The smallest absolute Gasteiger partial charge is 0.410 e. The number of hydrogen-bond donors (Lipinski definition) is 0. The van der Waals surface area contributed by atoms with Crippen LogP contribution < -0.4 is 0 Å². The number of rotatable bonds is 26. The highest BCUT2D eigenvalue weighted by atomic mass is 16.6. The van der Waals surface area contributed by atoms with Gasteiger partial charge in [-0.1, -0.05) is 79.1 Å². The van der Waals surface area contributed by atoms with Crippen LogP contribution in [0.15, 0.2) is 0 Å². The van der Waals surface area contributed by atoms with E-state index in [4.69, 9.17) is 33.2 Å². The van der Waals surface area contributed by atoms with Crippen molar-refractivity contribution in [3.8, 4) is 0 Å². The molecule has 0 aromatic heterocycles. The van der Waals surface area contributed by atoms with Gasteiger partial charge in [-0.15, -0.1) is 0 Å². The predicted molar refractivity (Wildman–Crippen MR) is 272 cm³/mol. The molecule has 4 saturated carbocycles. The number of carbonyl (C=O) groups excluding carboxylic acids is 7. The molecule has 15 nitrogen and oxygen atoms in total. The van der Waals surface area contributed by atoms with Crippen molar-refractivity contribution in [1.82, 2.24) is 4.90 Å². The Bertz CT molecular complexity index is 1520. The molecule has 15 heteroatoms. The van der Waals surface area contributed by atoms with Crippen LogP contribution in [0.25, 0.3) is 0 Å². The van der Waals surface area contributed by atoms with Crippen LogP contribution in [-0.4, -0.2) is 105 Å². The lowest BCUT2D eigenvalue weighted by Crippen LogP contribution is -2.40. The van der Waals surface area contributed by atoms with Gasteiger partial charge in [-0.25, -0.2) is 4.79 Å². The average Bonchev–Trinajstić information content (AvgIpc) is 3.32. The van der Waals surface area contributed by atoms with Crippen molar-refractivity contribution in [1.29, 1.82) is 0 Å². The molecule has 0 aliphatic heterocycles. The summed E-state index contributed by atoms with van der Waals surface area (Å²) in [5, 5.41) is 0. The minimum atomic E-state index is -1.04. The van der Waals surface area contributed by atoms with Crippen LogP contribution in [0.3, 0.4) is 0 Å². The Kier molecular flexibility index (Phi) is 25.1. The Hall–Kier alpha value is -3.91. The van der Waals surface area contributed by atoms with Gasteiger partial charge in [0.2, 0.25) is 0 Å². The third kappa shape index (κ3) is 24.4. The fraction of sp³-hybridized carbons (Fsp3) is 0.877. The number of amides is 1. The average molecular weight is 1020 g/mol. The van der Waals surface area contributed by atoms with Crippen LogP contribution in [0.5, 0.6) is 0 Å². The summed E-state index contributed by atoms with van der Waals surface area (Å²) in [7, 11) is 0. The second-order valence-electron chi connectivity index (χ2n) is 24.9. The fourth-order valence-corrected chi connectivity index (χ4v) is 10.3. The Morgan fingerprint density at radius 2 is 0.583 bits per heavy atom. The predicted octanol–water partition coefficient (Wildman–Crippen LogP) is 11.1. The minimum absolute atomic E-state index is 0.119. The van der Waals surface area contributed by atoms with Crippen molar-refractivity contribution in [2.75, 3.05) is 52.7 Å². The molecule has 0 atom stereocenters. The third-order valence-corrected chi connectivity index (χ3v) is 15.7. The quantitative estimate of drug-likeness (QED) is 0.0588. The van der Waals surface area contributed by atoms with E-state index in [1.165, 1.54) is 4.90 Å². The number of carbonyl (C=O) groups is 7. The van der Waals surface area contributed by atoms with E-state index < -0.39 is 34.5 Å². The number of nitrogens with zero attached hydrogens (tertiary/aromatic N) is 1. The van der Waals surface area contributed by atoms with Crippen molar-refractivity contribution < 1.29 is 66.7 Å². The highest BCUT2D eigenvalue weighted by Crippen LogP contribution is 2.35. The van der Waals surface area contributed by atoms with Gasteiger partial charge >= 0.3 is 41.9 Å². The van der Waals surface area contributed by atoms with Crippen molar-refractivity contribution in [2.45, 2.75) is 209 Å². The number of ether oxygens (including phenoxy) is 7. The zero-order valence-corrected chi connectivity index (χ0v) is 46.0. The second kappa shape index (κ2) is 29.8. The second-order valence-corrected chi connectivity index (χ2v) is 24.9. The first-order valence-electron chi connectivity index (χ1n) is 27.9. The molecule has 0 N–H and O–H groups in total. The summed E-state index contributed by atoms with van der Waals surface area (Å²) in [4.78, 5) is 93.6. The van der Waals surface area contributed by atoms with E-state index in [1.54, 1.807) is 34.6 Å². The maximum absolute atomic E-state index is 13.5. The largest absolute Gasteiger partial charge is 0.465 e. The minimum Gasteiger partial charge on any atom is -0.465 e. The van der Waals surface area contributed by atoms with Crippen molar-refractivity contribution in [3.63, 3.8) is 0 Å². The molecule has 0 radical (unpaired) electrons. The standard InChI is InChI=1S/C57H95NO14/c1-40-10-18-44(19-11-40)30-50(61)68-36-56(8,37-69-51(62)31-45-20-12-41(2)13-21-45)34-66-48(59)26-28-58(54(65)72-55(5,6)7)29-27-49(60)67-35-57(9,38-70-52(63)32-46-22-14-42(3)15-23-46)39-71-53(64)33-47-24-16-43(4)17-25-47/h40-47H,10-39H2,1-9H3. The lowest BCUT2D eigenvalue weighted by atomic mass is 9.81. The topological polar surface area (TPSA) is 187 Å². The normalized spacial score (nSPS) is 26.3. The summed E-state index contributed by atoms with van der Waals surface area (Å²) in [5.41, 5.74) is -2.95. The Balaban J connectivity index is 1.33. The first kappa shape index (κ1) is 60.6. The third-order valence-electron chi connectivity index (χ3n) is 15.7. The molecule has 72 heavy (non-hydrogen) atoms. The Morgan fingerprint density at radius 3 is 0.806 bits per heavy atom. The molecule has 1 amide bonds. The van der Waals surface area contributed by atoms with Gasteiger partial charge in [0, 0.05) is 38.8 Å². The van der Waals surface area contributed by atoms with Gasteiger partial charge in [0.05, 0.1) is 23.7 Å². The highest BCUT2D eigenvalue weighted by Gasteiger charge is 2.35. The molecule has 4 fully saturated rings. The van der Waals surface area contributed by atoms with Gasteiger partial charge in [-0.3, -0.25) is 28.8 Å². The molecule has 4 aliphatic carbocycles. The lowest BCUT2D eigenvalue weighted by Gasteiger charge is -2.30. The summed E-state index contributed by atoms with van der Waals surface area (Å²) >= 11 is 0. The van der Waals surface area contributed by atoms with Gasteiger partial charge in [0.15, 0.2) is 0 Å². The van der Waals surface area contributed by atoms with Crippen LogP contribution in [-0.2, 0) is 61.9 Å². The molecular formula is C57H95NO14. The molecule has 0 bridgehead atoms. The van der Waals surface area contributed by atoms with Crippen LogP contribution in [0.4, 0.5) is 4.79 Å². The molecule has 0 spiro atoms. The van der Waals surface area contributed by atoms with Gasteiger partial charge < -0.3 is 38.1 Å². The first-order valence-corrected chi connectivity index (χ1v) is 27.9. The van der Waals surface area contributed by atoms with E-state index in [2.05, 4.69) is 27.7 Å². The SMILES string of the molecule is CC1CCC(CC(=O)OCC(C)(COC(=O)CCN(CCC(=O)OCC(C)(COC(=O)CC2CCC(C)CC2)COC(=O)CC2CCC(C)CC2)C(=O)OC(C)(C)C)COC(=O)CC2CCC(C)CC2)CC1. The molecule has 4 rings (SSSR count). The first-order chi connectivity index (χ1) is 33.9. The maximum Gasteiger partial charge on any atom is 0.410 e. The molecular weight excluding hydrogens is 923 g/mol. The molecule has 0 aromatic carbocycles. The number of hydrogen-bond acceptors (Lipinski definition) is 14. The fourth-order valence-electron chi connectivity index (χ4n) is 10.3. The summed E-state index contributed by atoms with van der Waals surface area (Å²) in [6.07, 6.45) is 16.4. The van der Waals surface area contributed by atoms with Crippen molar-refractivity contribution in [2.24, 2.45) is 58.2 Å². The molecule has 4 aliphatic rings. The Morgan fingerprint density at radius 1 is 0.361 bits per heavy atom. The molecule has 0 aromatic rings. The summed E-state index contributed by atoms with van der Waals surface area (Å²) < 4.78 is 40.2. The molecule has 0 unspecified atom stereocenters. The van der Waals surface area contributed by atoms with Gasteiger partial charge in [-0.05, 0) is 133 Å². The van der Waals surface area contributed by atoms with E-state index >= 15 is 0 Å². The summed E-state index contributed by atoms with van der Waals surface area (Å²) in [6, 6.07) is 0. The van der Waals surface area contributed by atoms with Crippen LogP contribution >= 0.6 is 0 Å². The summed E-state index contributed by atoms with van der Waals surface area (Å²) in [6.45, 7) is 16.3.